The largest absolute Gasteiger partial charge is 0.266 e. The van der Waals surface area contributed by atoms with Gasteiger partial charge in [-0.3, -0.25) is 9.67 Å². The van der Waals surface area contributed by atoms with Crippen LogP contribution in [0.25, 0.3) is 11.4 Å². The molecule has 1 N–H and O–H groups in total. The van der Waals surface area contributed by atoms with Crippen LogP contribution in [0.4, 0.5) is 8.78 Å². The van der Waals surface area contributed by atoms with Crippen LogP contribution >= 0.6 is 0 Å². The summed E-state index contributed by atoms with van der Waals surface area (Å²) in [5.41, 5.74) is 1.84. The second kappa shape index (κ2) is 6.69. The molecule has 0 fully saturated rings. The summed E-state index contributed by atoms with van der Waals surface area (Å²) in [4.78, 5) is 3.60. The van der Waals surface area contributed by atoms with Crippen molar-refractivity contribution in [1.82, 2.24) is 19.5 Å². The van der Waals surface area contributed by atoms with Gasteiger partial charge in [0.25, 0.3) is 0 Å². The maximum absolute atomic E-state index is 13.7. The first kappa shape index (κ1) is 17.2. The maximum atomic E-state index is 13.7. The Labute approximate surface area is 143 Å². The lowest BCUT2D eigenvalue weighted by atomic mass is 10.2. The molecular weight excluding hydrogens is 350 g/mol. The minimum absolute atomic E-state index is 0.139. The van der Waals surface area contributed by atoms with Gasteiger partial charge in [-0.1, -0.05) is 6.07 Å². The number of benzene rings is 1. The topological polar surface area (TPSA) is 76.9 Å². The monoisotopic (exact) mass is 364 g/mol. The summed E-state index contributed by atoms with van der Waals surface area (Å²) in [6.45, 7) is -0.139. The molecule has 0 aliphatic carbocycles. The van der Waals surface area contributed by atoms with Crippen molar-refractivity contribution >= 4 is 10.0 Å². The molecule has 9 heteroatoms. The van der Waals surface area contributed by atoms with Crippen molar-refractivity contribution in [3.05, 3.63) is 66.0 Å². The van der Waals surface area contributed by atoms with Gasteiger partial charge in [0.1, 0.15) is 16.5 Å². The van der Waals surface area contributed by atoms with Crippen molar-refractivity contribution in [2.24, 2.45) is 7.05 Å². The van der Waals surface area contributed by atoms with Crippen LogP contribution in [0.1, 0.15) is 5.69 Å². The minimum atomic E-state index is -4.13. The molecule has 130 valence electrons. The summed E-state index contributed by atoms with van der Waals surface area (Å²) in [6.07, 6.45) is 1.64. The molecule has 0 aliphatic rings. The zero-order valence-corrected chi connectivity index (χ0v) is 14.0. The number of sulfonamides is 1. The molecule has 2 aromatic heterocycles. The van der Waals surface area contributed by atoms with E-state index < -0.39 is 26.6 Å². The number of aromatic nitrogens is 3. The second-order valence-corrected chi connectivity index (χ2v) is 6.99. The Balaban J connectivity index is 1.80. The predicted octanol–water partition coefficient (Wildman–Crippen LogP) is 2.24. The Bertz CT molecular complexity index is 1000. The molecule has 0 saturated carbocycles. The Morgan fingerprint density at radius 3 is 2.64 bits per heavy atom. The first-order chi connectivity index (χ1) is 11.9. The predicted molar refractivity (Wildman–Crippen MR) is 86.8 cm³/mol. The van der Waals surface area contributed by atoms with Gasteiger partial charge in [0, 0.05) is 19.3 Å². The number of nitrogens with zero attached hydrogens (tertiary/aromatic N) is 3. The van der Waals surface area contributed by atoms with E-state index in [1.165, 1.54) is 0 Å². The van der Waals surface area contributed by atoms with E-state index in [1.807, 2.05) is 6.07 Å². The van der Waals surface area contributed by atoms with Crippen LogP contribution in [0.15, 0.2) is 53.6 Å². The number of halogens is 2. The van der Waals surface area contributed by atoms with Crippen LogP contribution in [-0.4, -0.2) is 23.2 Å². The lowest BCUT2D eigenvalue weighted by molar-refractivity contribution is 0.542. The van der Waals surface area contributed by atoms with Crippen LogP contribution in [0.3, 0.4) is 0 Å². The number of hydrogen-bond acceptors (Lipinski definition) is 4. The summed E-state index contributed by atoms with van der Waals surface area (Å²) in [7, 11) is -2.42. The molecular formula is C16H14F2N4O2S. The van der Waals surface area contributed by atoms with Crippen LogP contribution < -0.4 is 4.72 Å². The number of aryl methyl sites for hydroxylation is 1. The Kier molecular flexibility index (Phi) is 4.60. The third-order valence-electron chi connectivity index (χ3n) is 3.48. The summed E-state index contributed by atoms with van der Waals surface area (Å²) in [5.74, 6) is -2.00. The molecule has 0 atom stereocenters. The molecule has 0 radical (unpaired) electrons. The summed E-state index contributed by atoms with van der Waals surface area (Å²) in [5, 5.41) is 4.22. The highest BCUT2D eigenvalue weighted by atomic mass is 32.2. The van der Waals surface area contributed by atoms with E-state index in [0.29, 0.717) is 23.1 Å². The molecule has 3 aromatic rings. The molecule has 0 bridgehead atoms. The fourth-order valence-electron chi connectivity index (χ4n) is 2.31. The van der Waals surface area contributed by atoms with Crippen molar-refractivity contribution in [3.63, 3.8) is 0 Å². The number of hydrogen-bond donors (Lipinski definition) is 1. The molecule has 1 aromatic carbocycles. The van der Waals surface area contributed by atoms with Crippen LogP contribution in [-0.2, 0) is 23.6 Å². The molecule has 0 unspecified atom stereocenters. The fourth-order valence-corrected chi connectivity index (χ4v) is 3.36. The molecule has 0 amide bonds. The molecule has 0 spiro atoms. The fraction of sp³-hybridized carbons (Fsp3) is 0.125. The van der Waals surface area contributed by atoms with Gasteiger partial charge < -0.3 is 0 Å². The van der Waals surface area contributed by atoms with E-state index >= 15 is 0 Å². The number of rotatable bonds is 5. The van der Waals surface area contributed by atoms with Gasteiger partial charge in [0.15, 0.2) is 0 Å². The highest BCUT2D eigenvalue weighted by Crippen LogP contribution is 2.18. The van der Waals surface area contributed by atoms with E-state index in [2.05, 4.69) is 14.8 Å². The van der Waals surface area contributed by atoms with E-state index in [4.69, 9.17) is 0 Å². The quantitative estimate of drug-likeness (QED) is 0.753. The first-order valence-electron chi connectivity index (χ1n) is 7.26. The summed E-state index contributed by atoms with van der Waals surface area (Å²) >= 11 is 0. The third kappa shape index (κ3) is 3.72. The van der Waals surface area contributed by atoms with E-state index in [1.54, 1.807) is 36.1 Å². The highest BCUT2D eigenvalue weighted by Gasteiger charge is 2.20. The van der Waals surface area contributed by atoms with Gasteiger partial charge in [0.2, 0.25) is 10.0 Å². The zero-order chi connectivity index (χ0) is 18.0. The van der Waals surface area contributed by atoms with Crippen molar-refractivity contribution in [1.29, 1.82) is 0 Å². The van der Waals surface area contributed by atoms with Crippen molar-refractivity contribution in [3.8, 4) is 11.4 Å². The number of nitrogens with one attached hydrogen (secondary N) is 1. The molecule has 2 heterocycles. The minimum Gasteiger partial charge on any atom is -0.266 e. The van der Waals surface area contributed by atoms with E-state index in [-0.39, 0.29) is 6.54 Å². The van der Waals surface area contributed by atoms with Crippen LogP contribution in [0.2, 0.25) is 0 Å². The van der Waals surface area contributed by atoms with Gasteiger partial charge in [-0.15, -0.1) is 0 Å². The van der Waals surface area contributed by atoms with Gasteiger partial charge in [0.05, 0.1) is 23.6 Å². The lowest BCUT2D eigenvalue weighted by Gasteiger charge is -2.06. The standard InChI is InChI=1S/C16H14F2N4O2S/c1-22-15(14-4-2-3-7-19-14)9-12(21-22)10-20-25(23,24)16-6-5-11(17)8-13(16)18/h2-9,20H,10H2,1H3. The number of pyridine rings is 1. The van der Waals surface area contributed by atoms with Crippen LogP contribution in [0, 0.1) is 11.6 Å². The van der Waals surface area contributed by atoms with Crippen molar-refractivity contribution in [2.75, 3.05) is 0 Å². The zero-order valence-electron chi connectivity index (χ0n) is 13.1. The summed E-state index contributed by atoms with van der Waals surface area (Å²) in [6, 6.07) is 9.39. The van der Waals surface area contributed by atoms with Gasteiger partial charge >= 0.3 is 0 Å². The van der Waals surface area contributed by atoms with E-state index in [9.17, 15) is 17.2 Å². The Morgan fingerprint density at radius 1 is 1.16 bits per heavy atom. The molecule has 0 saturated heterocycles. The van der Waals surface area contributed by atoms with Gasteiger partial charge in [-0.05, 0) is 30.3 Å². The second-order valence-electron chi connectivity index (χ2n) is 5.26. The average Bonchev–Trinajstić information content (AvgIpc) is 2.94. The Morgan fingerprint density at radius 2 is 1.96 bits per heavy atom. The third-order valence-corrected chi connectivity index (χ3v) is 4.92. The molecule has 6 nitrogen and oxygen atoms in total. The summed E-state index contributed by atoms with van der Waals surface area (Å²) < 4.78 is 54.8. The Hall–Kier alpha value is -2.65. The lowest BCUT2D eigenvalue weighted by Crippen LogP contribution is -2.24. The SMILES string of the molecule is Cn1nc(CNS(=O)(=O)c2ccc(F)cc2F)cc1-c1ccccn1. The van der Waals surface area contributed by atoms with Gasteiger partial charge in [-0.2, -0.15) is 5.10 Å². The average molecular weight is 364 g/mol. The highest BCUT2D eigenvalue weighted by molar-refractivity contribution is 7.89. The maximum Gasteiger partial charge on any atom is 0.243 e. The molecule has 25 heavy (non-hydrogen) atoms. The first-order valence-corrected chi connectivity index (χ1v) is 8.74. The normalized spacial score (nSPS) is 11.6. The van der Waals surface area contributed by atoms with Crippen molar-refractivity contribution in [2.45, 2.75) is 11.4 Å². The van der Waals surface area contributed by atoms with Crippen LogP contribution in [0.5, 0.6) is 0 Å². The molecule has 3 rings (SSSR count). The smallest absolute Gasteiger partial charge is 0.243 e. The molecule has 0 aliphatic heterocycles. The van der Waals surface area contributed by atoms with Crippen molar-refractivity contribution < 1.29 is 17.2 Å². The van der Waals surface area contributed by atoms with Gasteiger partial charge in [-0.25, -0.2) is 21.9 Å². The van der Waals surface area contributed by atoms with E-state index in [0.717, 1.165) is 12.1 Å².